The van der Waals surface area contributed by atoms with Crippen LogP contribution in [0.3, 0.4) is 0 Å². The second-order valence-corrected chi connectivity index (χ2v) is 3.17. The summed E-state index contributed by atoms with van der Waals surface area (Å²) in [6.45, 7) is 0. The minimum Gasteiger partial charge on any atom is -0.465 e. The Morgan fingerprint density at radius 1 is 1.47 bits per heavy atom. The Hall–Kier alpha value is -1.35. The Labute approximate surface area is 91.8 Å². The van der Waals surface area contributed by atoms with E-state index in [-0.39, 0.29) is 16.2 Å². The van der Waals surface area contributed by atoms with Gasteiger partial charge in [0, 0.05) is 7.11 Å². The van der Waals surface area contributed by atoms with Gasteiger partial charge in [0.15, 0.2) is 0 Å². The Kier molecular flexibility index (Phi) is 3.86. The van der Waals surface area contributed by atoms with Gasteiger partial charge in [-0.3, -0.25) is 0 Å². The highest BCUT2D eigenvalue weighted by atomic mass is 35.5. The van der Waals surface area contributed by atoms with Crippen molar-refractivity contribution in [2.45, 2.75) is 6.10 Å². The van der Waals surface area contributed by atoms with Gasteiger partial charge in [-0.2, -0.15) is 0 Å². The molecule has 0 aliphatic heterocycles. The van der Waals surface area contributed by atoms with Gasteiger partial charge in [0.05, 0.1) is 23.3 Å². The van der Waals surface area contributed by atoms with Gasteiger partial charge in [-0.25, -0.2) is 9.59 Å². The van der Waals surface area contributed by atoms with Crippen molar-refractivity contribution in [1.29, 1.82) is 0 Å². The van der Waals surface area contributed by atoms with E-state index in [1.807, 2.05) is 0 Å². The van der Waals surface area contributed by atoms with E-state index in [0.29, 0.717) is 0 Å². The van der Waals surface area contributed by atoms with Crippen molar-refractivity contribution in [3.05, 3.63) is 28.3 Å². The molecule has 5 heteroatoms. The maximum atomic E-state index is 11.3. The van der Waals surface area contributed by atoms with Crippen molar-refractivity contribution < 1.29 is 19.1 Å². The Balaban J connectivity index is 3.16. The van der Waals surface area contributed by atoms with E-state index in [9.17, 15) is 9.59 Å². The minimum absolute atomic E-state index is 0.130. The fourth-order valence-electron chi connectivity index (χ4n) is 1.21. The standard InChI is InChI=1S/C10H9ClO4/c1-14-9-6(5-12)3-4-7(8(9)11)10(13)15-2/h3-4,9H,1-2H3. The third kappa shape index (κ3) is 2.18. The van der Waals surface area contributed by atoms with E-state index in [1.165, 1.54) is 26.4 Å². The highest BCUT2D eigenvalue weighted by Crippen LogP contribution is 2.28. The summed E-state index contributed by atoms with van der Waals surface area (Å²) in [6, 6.07) is 0. The number of esters is 1. The van der Waals surface area contributed by atoms with E-state index < -0.39 is 12.1 Å². The number of hydrogen-bond donors (Lipinski definition) is 0. The van der Waals surface area contributed by atoms with E-state index >= 15 is 0 Å². The molecule has 0 saturated heterocycles. The molecule has 0 saturated carbocycles. The van der Waals surface area contributed by atoms with Crippen LogP contribution in [0.4, 0.5) is 0 Å². The van der Waals surface area contributed by atoms with Gasteiger partial charge in [0.25, 0.3) is 0 Å². The summed E-state index contributed by atoms with van der Waals surface area (Å²) in [5, 5.41) is 0.130. The molecule has 1 atom stereocenters. The monoisotopic (exact) mass is 228 g/mol. The molecular weight excluding hydrogens is 220 g/mol. The summed E-state index contributed by atoms with van der Waals surface area (Å²) in [7, 11) is 2.64. The number of halogens is 1. The van der Waals surface area contributed by atoms with Crippen molar-refractivity contribution in [3.63, 3.8) is 0 Å². The molecular formula is C10H9ClO4. The molecule has 0 aromatic rings. The molecule has 1 unspecified atom stereocenters. The molecule has 0 spiro atoms. The first-order valence-corrected chi connectivity index (χ1v) is 4.47. The van der Waals surface area contributed by atoms with Gasteiger partial charge in [-0.05, 0) is 12.2 Å². The van der Waals surface area contributed by atoms with Gasteiger partial charge < -0.3 is 9.47 Å². The fraction of sp³-hybridized carbons (Fsp3) is 0.300. The van der Waals surface area contributed by atoms with Crippen LogP contribution in [-0.4, -0.2) is 32.2 Å². The van der Waals surface area contributed by atoms with E-state index in [2.05, 4.69) is 4.74 Å². The van der Waals surface area contributed by atoms with Crippen LogP contribution in [0, 0.1) is 0 Å². The van der Waals surface area contributed by atoms with Crippen LogP contribution in [0.1, 0.15) is 0 Å². The number of carbonyl (C=O) groups is 1. The molecule has 0 aromatic heterocycles. The smallest absolute Gasteiger partial charge is 0.339 e. The number of carbonyl (C=O) groups excluding carboxylic acids is 2. The molecule has 80 valence electrons. The topological polar surface area (TPSA) is 52.6 Å². The molecule has 0 N–H and O–H groups in total. The zero-order valence-electron chi connectivity index (χ0n) is 8.24. The summed E-state index contributed by atoms with van der Waals surface area (Å²) in [5.41, 5.74) is 0.431. The summed E-state index contributed by atoms with van der Waals surface area (Å²) in [4.78, 5) is 21.8. The van der Waals surface area contributed by atoms with Crippen molar-refractivity contribution in [2.24, 2.45) is 0 Å². The second kappa shape index (κ2) is 4.94. The van der Waals surface area contributed by atoms with E-state index in [0.717, 1.165) is 0 Å². The van der Waals surface area contributed by atoms with Gasteiger partial charge >= 0.3 is 5.97 Å². The highest BCUT2D eigenvalue weighted by molar-refractivity contribution is 6.33. The lowest BCUT2D eigenvalue weighted by molar-refractivity contribution is -0.135. The molecule has 0 fully saturated rings. The number of ether oxygens (including phenoxy) is 2. The lowest BCUT2D eigenvalue weighted by Gasteiger charge is -2.18. The summed E-state index contributed by atoms with van der Waals surface area (Å²) in [6.07, 6.45) is 2.09. The maximum Gasteiger partial charge on any atom is 0.339 e. The van der Waals surface area contributed by atoms with Gasteiger partial charge in [0.1, 0.15) is 12.0 Å². The van der Waals surface area contributed by atoms with Gasteiger partial charge in [0.2, 0.25) is 0 Å². The Morgan fingerprint density at radius 3 is 2.60 bits per heavy atom. The lowest BCUT2D eigenvalue weighted by Crippen LogP contribution is -2.21. The number of hydrogen-bond acceptors (Lipinski definition) is 4. The van der Waals surface area contributed by atoms with E-state index in [4.69, 9.17) is 16.3 Å². The maximum absolute atomic E-state index is 11.3. The van der Waals surface area contributed by atoms with Gasteiger partial charge in [-0.15, -0.1) is 0 Å². The average Bonchev–Trinajstić information content (AvgIpc) is 2.27. The molecule has 0 radical (unpaired) electrons. The van der Waals surface area contributed by atoms with Crippen molar-refractivity contribution in [1.82, 2.24) is 0 Å². The highest BCUT2D eigenvalue weighted by Gasteiger charge is 2.26. The predicted molar refractivity (Wildman–Crippen MR) is 54.0 cm³/mol. The van der Waals surface area contributed by atoms with Crippen LogP contribution in [-0.2, 0) is 19.1 Å². The van der Waals surface area contributed by atoms with Gasteiger partial charge in [-0.1, -0.05) is 11.6 Å². The summed E-state index contributed by atoms with van der Waals surface area (Å²) >= 11 is 5.90. The molecule has 1 aliphatic rings. The molecule has 0 aromatic carbocycles. The molecule has 0 amide bonds. The van der Waals surface area contributed by atoms with Crippen LogP contribution in [0.15, 0.2) is 28.3 Å². The first kappa shape index (κ1) is 11.7. The largest absolute Gasteiger partial charge is 0.465 e. The zero-order chi connectivity index (χ0) is 11.4. The van der Waals surface area contributed by atoms with Crippen LogP contribution >= 0.6 is 11.6 Å². The molecule has 1 rings (SSSR count). The fourth-order valence-corrected chi connectivity index (χ4v) is 1.56. The zero-order valence-corrected chi connectivity index (χ0v) is 9.00. The van der Waals surface area contributed by atoms with Crippen LogP contribution < -0.4 is 0 Å². The van der Waals surface area contributed by atoms with Crippen LogP contribution in [0.2, 0.25) is 0 Å². The first-order chi connectivity index (χ1) is 7.15. The molecule has 1 aliphatic carbocycles. The second-order valence-electron chi connectivity index (χ2n) is 2.76. The van der Waals surface area contributed by atoms with E-state index in [1.54, 1.807) is 5.94 Å². The third-order valence-corrected chi connectivity index (χ3v) is 2.36. The van der Waals surface area contributed by atoms with Crippen LogP contribution in [0.5, 0.6) is 0 Å². The van der Waals surface area contributed by atoms with Crippen molar-refractivity contribution in [3.8, 4) is 0 Å². The van der Waals surface area contributed by atoms with Crippen LogP contribution in [0.25, 0.3) is 0 Å². The molecule has 15 heavy (non-hydrogen) atoms. The lowest BCUT2D eigenvalue weighted by atomic mass is 10.0. The summed E-state index contributed by atoms with van der Waals surface area (Å²) < 4.78 is 9.51. The minimum atomic E-state index is -0.747. The number of rotatable bonds is 2. The Morgan fingerprint density at radius 2 is 2.13 bits per heavy atom. The normalized spacial score (nSPS) is 20.2. The predicted octanol–water partition coefficient (Wildman–Crippen LogP) is 0.995. The Bertz CT molecular complexity index is 388. The summed E-state index contributed by atoms with van der Waals surface area (Å²) in [5.74, 6) is 1.13. The average molecular weight is 229 g/mol. The quantitative estimate of drug-likeness (QED) is 0.523. The molecule has 4 nitrogen and oxygen atoms in total. The third-order valence-electron chi connectivity index (χ3n) is 1.96. The van der Waals surface area contributed by atoms with Crippen molar-refractivity contribution in [2.75, 3.05) is 14.2 Å². The first-order valence-electron chi connectivity index (χ1n) is 4.09. The molecule has 0 bridgehead atoms. The molecule has 0 heterocycles. The van der Waals surface area contributed by atoms with Crippen molar-refractivity contribution >= 4 is 23.5 Å². The number of methoxy groups -OCH3 is 2. The SMILES string of the molecule is COC(=O)C1=C(Cl)C(OC)C(=C=O)C=C1.